The number of nitrogens with zero attached hydrogens (tertiary/aromatic N) is 1. The zero-order valence-corrected chi connectivity index (χ0v) is 10.1. The molecule has 1 aliphatic heterocycles. The van der Waals surface area contributed by atoms with Gasteiger partial charge in [-0.2, -0.15) is 0 Å². The number of carbonyl (C=O) groups excluding carboxylic acids is 1. The number of ether oxygens (including phenoxy) is 2. The molecule has 16 heavy (non-hydrogen) atoms. The highest BCUT2D eigenvalue weighted by atomic mass is 32.1. The van der Waals surface area contributed by atoms with Crippen molar-refractivity contribution in [3.8, 4) is 0 Å². The Labute approximate surface area is 98.6 Å². The molecule has 2 rings (SSSR count). The van der Waals surface area contributed by atoms with Crippen molar-refractivity contribution in [2.24, 2.45) is 0 Å². The van der Waals surface area contributed by atoms with E-state index in [0.717, 1.165) is 24.3 Å². The van der Waals surface area contributed by atoms with Crippen molar-refractivity contribution >= 4 is 17.3 Å². The second-order valence-corrected chi connectivity index (χ2v) is 4.87. The molecule has 0 aromatic carbocycles. The van der Waals surface area contributed by atoms with Gasteiger partial charge in [0.1, 0.15) is 11.0 Å². The number of carbonyl (C=O) groups is 1. The Kier molecular flexibility index (Phi) is 3.90. The van der Waals surface area contributed by atoms with Crippen LogP contribution in [0, 0.1) is 0 Å². The van der Waals surface area contributed by atoms with Crippen molar-refractivity contribution in [3.63, 3.8) is 0 Å². The van der Waals surface area contributed by atoms with E-state index in [4.69, 9.17) is 9.47 Å². The highest BCUT2D eigenvalue weighted by molar-refractivity contribution is 7.13. The van der Waals surface area contributed by atoms with Gasteiger partial charge < -0.3 is 9.47 Å². The fourth-order valence-electron chi connectivity index (χ4n) is 1.55. The van der Waals surface area contributed by atoms with Gasteiger partial charge in [-0.1, -0.05) is 6.92 Å². The van der Waals surface area contributed by atoms with Gasteiger partial charge in [0.25, 0.3) is 0 Å². The van der Waals surface area contributed by atoms with Crippen molar-refractivity contribution in [1.29, 1.82) is 0 Å². The van der Waals surface area contributed by atoms with E-state index in [-0.39, 0.29) is 12.1 Å². The third-order valence-electron chi connectivity index (χ3n) is 2.38. The van der Waals surface area contributed by atoms with Crippen molar-refractivity contribution in [2.45, 2.75) is 32.3 Å². The Balaban J connectivity index is 1.91. The normalized spacial score (nSPS) is 19.9. The first kappa shape index (κ1) is 11.5. The topological polar surface area (TPSA) is 48.4 Å². The van der Waals surface area contributed by atoms with Gasteiger partial charge in [-0.15, -0.1) is 11.3 Å². The summed E-state index contributed by atoms with van der Waals surface area (Å²) in [6, 6.07) is 0. The molecular weight excluding hydrogens is 226 g/mol. The van der Waals surface area contributed by atoms with E-state index in [0.29, 0.717) is 18.1 Å². The molecule has 1 aromatic rings. The van der Waals surface area contributed by atoms with Gasteiger partial charge in [-0.05, 0) is 12.8 Å². The summed E-state index contributed by atoms with van der Waals surface area (Å²) in [5, 5.41) is 0.997. The van der Waals surface area contributed by atoms with Crippen LogP contribution in [-0.4, -0.2) is 30.3 Å². The van der Waals surface area contributed by atoms with Crippen LogP contribution in [0.3, 0.4) is 0 Å². The second-order valence-electron chi connectivity index (χ2n) is 3.76. The zero-order valence-electron chi connectivity index (χ0n) is 9.27. The molecule has 1 aromatic heterocycles. The largest absolute Gasteiger partial charge is 0.456 e. The fourth-order valence-corrected chi connectivity index (χ4v) is 2.45. The van der Waals surface area contributed by atoms with Gasteiger partial charge in [0, 0.05) is 6.42 Å². The molecule has 1 aliphatic rings. The number of hydrogen-bond acceptors (Lipinski definition) is 5. The number of aryl methyl sites for hydroxylation is 1. The van der Waals surface area contributed by atoms with Crippen molar-refractivity contribution in [1.82, 2.24) is 4.98 Å². The molecule has 0 N–H and O–H groups in total. The predicted molar refractivity (Wildman–Crippen MR) is 60.7 cm³/mol. The SMILES string of the molecule is CCCc1ncc(C(=O)OC2CCOC2)s1. The Morgan fingerprint density at radius 1 is 1.75 bits per heavy atom. The smallest absolute Gasteiger partial charge is 0.350 e. The lowest BCUT2D eigenvalue weighted by Crippen LogP contribution is -2.17. The maximum absolute atomic E-state index is 11.7. The van der Waals surface area contributed by atoms with Crippen LogP contribution in [0.5, 0.6) is 0 Å². The molecule has 0 spiro atoms. The van der Waals surface area contributed by atoms with E-state index < -0.39 is 0 Å². The third kappa shape index (κ3) is 2.80. The van der Waals surface area contributed by atoms with Crippen LogP contribution in [0.25, 0.3) is 0 Å². The molecule has 0 amide bonds. The summed E-state index contributed by atoms with van der Waals surface area (Å²) in [6.45, 7) is 3.29. The molecule has 4 nitrogen and oxygen atoms in total. The van der Waals surface area contributed by atoms with Gasteiger partial charge in [0.2, 0.25) is 0 Å². The average Bonchev–Trinajstić information content (AvgIpc) is 2.89. The van der Waals surface area contributed by atoms with Gasteiger partial charge in [0.05, 0.1) is 24.4 Å². The Hall–Kier alpha value is -0.940. The van der Waals surface area contributed by atoms with Crippen LogP contribution >= 0.6 is 11.3 Å². The molecule has 1 atom stereocenters. The van der Waals surface area contributed by atoms with Crippen LogP contribution in [0.1, 0.15) is 34.4 Å². The molecule has 88 valence electrons. The van der Waals surface area contributed by atoms with Crippen molar-refractivity contribution < 1.29 is 14.3 Å². The third-order valence-corrected chi connectivity index (χ3v) is 3.42. The molecule has 1 fully saturated rings. The maximum Gasteiger partial charge on any atom is 0.350 e. The number of esters is 1. The summed E-state index contributed by atoms with van der Waals surface area (Å²) in [4.78, 5) is 16.5. The molecule has 0 saturated carbocycles. The second kappa shape index (κ2) is 5.41. The van der Waals surface area contributed by atoms with E-state index in [1.165, 1.54) is 11.3 Å². The fraction of sp³-hybridized carbons (Fsp3) is 0.636. The molecule has 0 bridgehead atoms. The first-order chi connectivity index (χ1) is 7.79. The van der Waals surface area contributed by atoms with E-state index in [1.807, 2.05) is 0 Å². The first-order valence-electron chi connectivity index (χ1n) is 5.53. The Morgan fingerprint density at radius 2 is 2.62 bits per heavy atom. The lowest BCUT2D eigenvalue weighted by molar-refractivity contribution is 0.0276. The number of aromatic nitrogens is 1. The first-order valence-corrected chi connectivity index (χ1v) is 6.34. The summed E-state index contributed by atoms with van der Waals surface area (Å²) in [7, 11) is 0. The summed E-state index contributed by atoms with van der Waals surface area (Å²) >= 11 is 1.42. The van der Waals surface area contributed by atoms with E-state index in [2.05, 4.69) is 11.9 Å². The monoisotopic (exact) mass is 241 g/mol. The van der Waals surface area contributed by atoms with E-state index >= 15 is 0 Å². The number of rotatable bonds is 4. The molecular formula is C11H15NO3S. The highest BCUT2D eigenvalue weighted by Gasteiger charge is 2.21. The quantitative estimate of drug-likeness (QED) is 0.757. The Bertz CT molecular complexity index is 358. The number of thiazole rings is 1. The summed E-state index contributed by atoms with van der Waals surface area (Å²) in [6.07, 6.45) is 4.28. The Morgan fingerprint density at radius 3 is 3.31 bits per heavy atom. The molecule has 0 aliphatic carbocycles. The molecule has 5 heteroatoms. The van der Waals surface area contributed by atoms with E-state index in [9.17, 15) is 4.79 Å². The lowest BCUT2D eigenvalue weighted by atomic mass is 10.3. The molecule has 1 unspecified atom stereocenters. The van der Waals surface area contributed by atoms with Gasteiger partial charge in [0.15, 0.2) is 0 Å². The highest BCUT2D eigenvalue weighted by Crippen LogP contribution is 2.18. The van der Waals surface area contributed by atoms with Gasteiger partial charge >= 0.3 is 5.97 Å². The van der Waals surface area contributed by atoms with Crippen LogP contribution in [0.4, 0.5) is 0 Å². The average molecular weight is 241 g/mol. The zero-order chi connectivity index (χ0) is 11.4. The van der Waals surface area contributed by atoms with Gasteiger partial charge in [-0.3, -0.25) is 0 Å². The minimum Gasteiger partial charge on any atom is -0.456 e. The summed E-state index contributed by atoms with van der Waals surface area (Å²) < 4.78 is 10.4. The lowest BCUT2D eigenvalue weighted by Gasteiger charge is -2.07. The maximum atomic E-state index is 11.7. The van der Waals surface area contributed by atoms with Crippen LogP contribution in [-0.2, 0) is 15.9 Å². The minimum absolute atomic E-state index is 0.0794. The summed E-state index contributed by atoms with van der Waals surface area (Å²) in [5.74, 6) is -0.268. The standard InChI is InChI=1S/C11H15NO3S/c1-2-3-10-12-6-9(16-10)11(13)15-8-4-5-14-7-8/h6,8H,2-5,7H2,1H3. The van der Waals surface area contributed by atoms with Crippen LogP contribution in [0.2, 0.25) is 0 Å². The minimum atomic E-state index is -0.268. The van der Waals surface area contributed by atoms with Crippen LogP contribution < -0.4 is 0 Å². The van der Waals surface area contributed by atoms with Crippen molar-refractivity contribution in [3.05, 3.63) is 16.1 Å². The molecule has 2 heterocycles. The predicted octanol–water partition coefficient (Wildman–Crippen LogP) is 2.04. The molecule has 1 saturated heterocycles. The number of hydrogen-bond donors (Lipinski definition) is 0. The van der Waals surface area contributed by atoms with Crippen molar-refractivity contribution in [2.75, 3.05) is 13.2 Å². The van der Waals surface area contributed by atoms with Crippen LogP contribution in [0.15, 0.2) is 6.20 Å². The van der Waals surface area contributed by atoms with Gasteiger partial charge in [-0.25, -0.2) is 9.78 Å². The summed E-state index contributed by atoms with van der Waals surface area (Å²) in [5.41, 5.74) is 0. The van der Waals surface area contributed by atoms with E-state index in [1.54, 1.807) is 6.20 Å². The molecule has 0 radical (unpaired) electrons.